The number of aromatic nitrogens is 4. The second kappa shape index (κ2) is 5.88. The summed E-state index contributed by atoms with van der Waals surface area (Å²) in [5.41, 5.74) is 2.57. The van der Waals surface area contributed by atoms with Crippen molar-refractivity contribution in [2.75, 3.05) is 0 Å². The Bertz CT molecular complexity index is 753. The first-order chi connectivity index (χ1) is 10.2. The Labute approximate surface area is 126 Å². The summed E-state index contributed by atoms with van der Waals surface area (Å²) in [6.07, 6.45) is 0. The van der Waals surface area contributed by atoms with Crippen molar-refractivity contribution in [3.8, 4) is 5.69 Å². The van der Waals surface area contributed by atoms with Crippen molar-refractivity contribution >= 4 is 16.9 Å². The van der Waals surface area contributed by atoms with E-state index in [1.807, 2.05) is 49.4 Å². The van der Waals surface area contributed by atoms with Crippen LogP contribution in [0.2, 0.25) is 0 Å². The van der Waals surface area contributed by atoms with Crippen molar-refractivity contribution in [2.45, 2.75) is 12.1 Å². The summed E-state index contributed by atoms with van der Waals surface area (Å²) in [6.45, 7) is 1.98. The molecule has 0 fully saturated rings. The predicted molar refractivity (Wildman–Crippen MR) is 80.5 cm³/mol. The van der Waals surface area contributed by atoms with Crippen molar-refractivity contribution < 1.29 is 4.79 Å². The minimum atomic E-state index is -0.0815. The molecule has 0 saturated heterocycles. The van der Waals surface area contributed by atoms with Gasteiger partial charge in [-0.3, -0.25) is 4.79 Å². The monoisotopic (exact) mass is 296 g/mol. The van der Waals surface area contributed by atoms with E-state index in [0.717, 1.165) is 23.0 Å². The van der Waals surface area contributed by atoms with Crippen molar-refractivity contribution in [3.05, 3.63) is 65.7 Å². The predicted octanol–water partition coefficient (Wildman–Crippen LogP) is 2.90. The van der Waals surface area contributed by atoms with Crippen LogP contribution in [0, 0.1) is 6.92 Å². The fraction of sp³-hybridized carbons (Fsp3) is 0.0667. The van der Waals surface area contributed by atoms with E-state index in [0.29, 0.717) is 10.7 Å². The molecule has 3 aromatic rings. The van der Waals surface area contributed by atoms with Crippen LogP contribution >= 0.6 is 11.8 Å². The molecule has 0 radical (unpaired) electrons. The third-order valence-corrected chi connectivity index (χ3v) is 3.77. The lowest BCUT2D eigenvalue weighted by Gasteiger charge is -2.03. The standard InChI is InChI=1S/C15H12N4OS/c1-11-7-9-12(10-8-11)14(20)21-15-16-17-18-19(15)13-5-3-2-4-6-13/h2-10H,1H3. The van der Waals surface area contributed by atoms with Crippen LogP contribution in [0.3, 0.4) is 0 Å². The highest BCUT2D eigenvalue weighted by molar-refractivity contribution is 8.14. The second-order valence-corrected chi connectivity index (χ2v) is 5.40. The molecule has 0 saturated carbocycles. The van der Waals surface area contributed by atoms with E-state index in [1.54, 1.807) is 16.8 Å². The maximum absolute atomic E-state index is 12.3. The number of nitrogens with zero attached hydrogens (tertiary/aromatic N) is 4. The van der Waals surface area contributed by atoms with Gasteiger partial charge >= 0.3 is 0 Å². The van der Waals surface area contributed by atoms with E-state index in [2.05, 4.69) is 15.5 Å². The first kappa shape index (κ1) is 13.5. The van der Waals surface area contributed by atoms with E-state index in [9.17, 15) is 4.79 Å². The number of hydrogen-bond acceptors (Lipinski definition) is 5. The molecule has 2 aromatic carbocycles. The molecule has 0 amide bonds. The SMILES string of the molecule is Cc1ccc(C(=O)Sc2nnnn2-c2ccccc2)cc1. The number of carbonyl (C=O) groups excluding carboxylic acids is 1. The Morgan fingerprint density at radius 1 is 1.05 bits per heavy atom. The summed E-state index contributed by atoms with van der Waals surface area (Å²) in [6, 6.07) is 16.9. The van der Waals surface area contributed by atoms with Crippen molar-refractivity contribution in [2.24, 2.45) is 0 Å². The smallest absolute Gasteiger partial charge is 0.227 e. The molecule has 0 atom stereocenters. The number of para-hydroxylation sites is 1. The lowest BCUT2D eigenvalue weighted by molar-refractivity contribution is 0.108. The van der Waals surface area contributed by atoms with Crippen LogP contribution in [0.15, 0.2) is 59.8 Å². The summed E-state index contributed by atoms with van der Waals surface area (Å²) >= 11 is 1.02. The molecule has 6 heteroatoms. The van der Waals surface area contributed by atoms with Gasteiger partial charge in [-0.25, -0.2) is 0 Å². The minimum absolute atomic E-state index is 0.0815. The maximum Gasteiger partial charge on any atom is 0.227 e. The first-order valence-corrected chi connectivity index (χ1v) is 7.18. The van der Waals surface area contributed by atoms with Crippen LogP contribution in [-0.4, -0.2) is 25.3 Å². The lowest BCUT2D eigenvalue weighted by atomic mass is 10.2. The molecule has 0 aliphatic rings. The van der Waals surface area contributed by atoms with Crippen LogP contribution < -0.4 is 0 Å². The third-order valence-electron chi connectivity index (χ3n) is 2.91. The minimum Gasteiger partial charge on any atom is -0.281 e. The normalized spacial score (nSPS) is 10.5. The number of hydrogen-bond donors (Lipinski definition) is 0. The van der Waals surface area contributed by atoms with Gasteiger partial charge < -0.3 is 0 Å². The summed E-state index contributed by atoms with van der Waals surface area (Å²) in [7, 11) is 0. The van der Waals surface area contributed by atoms with Gasteiger partial charge in [-0.05, 0) is 41.2 Å². The van der Waals surface area contributed by atoms with Crippen LogP contribution in [0.5, 0.6) is 0 Å². The fourth-order valence-corrected chi connectivity index (χ4v) is 2.53. The molecule has 3 rings (SSSR count). The quantitative estimate of drug-likeness (QED) is 0.695. The number of tetrazole rings is 1. The van der Waals surface area contributed by atoms with Gasteiger partial charge in [0, 0.05) is 5.56 Å². The van der Waals surface area contributed by atoms with Gasteiger partial charge in [0.25, 0.3) is 0 Å². The first-order valence-electron chi connectivity index (χ1n) is 6.37. The molecule has 1 aromatic heterocycles. The number of benzene rings is 2. The molecule has 1 heterocycles. The van der Waals surface area contributed by atoms with Gasteiger partial charge in [0.1, 0.15) is 0 Å². The van der Waals surface area contributed by atoms with Gasteiger partial charge in [0.05, 0.1) is 5.69 Å². The molecule has 0 N–H and O–H groups in total. The summed E-state index contributed by atoms with van der Waals surface area (Å²) in [4.78, 5) is 12.3. The number of aryl methyl sites for hydroxylation is 1. The van der Waals surface area contributed by atoms with Crippen molar-refractivity contribution in [3.63, 3.8) is 0 Å². The van der Waals surface area contributed by atoms with Gasteiger partial charge in [0.15, 0.2) is 0 Å². The summed E-state index contributed by atoms with van der Waals surface area (Å²) in [5, 5.41) is 11.9. The molecular weight excluding hydrogens is 284 g/mol. The van der Waals surface area contributed by atoms with Crippen molar-refractivity contribution in [1.82, 2.24) is 20.2 Å². The van der Waals surface area contributed by atoms with Gasteiger partial charge in [-0.2, -0.15) is 4.68 Å². The van der Waals surface area contributed by atoms with Crippen LogP contribution in [0.25, 0.3) is 5.69 Å². The fourth-order valence-electron chi connectivity index (χ4n) is 1.81. The summed E-state index contributed by atoms with van der Waals surface area (Å²) < 4.78 is 1.55. The highest BCUT2D eigenvalue weighted by Gasteiger charge is 2.15. The second-order valence-electron chi connectivity index (χ2n) is 4.46. The topological polar surface area (TPSA) is 60.7 Å². The molecule has 5 nitrogen and oxygen atoms in total. The zero-order valence-electron chi connectivity index (χ0n) is 11.3. The zero-order valence-corrected chi connectivity index (χ0v) is 12.1. The Morgan fingerprint density at radius 3 is 2.48 bits per heavy atom. The van der Waals surface area contributed by atoms with E-state index in [1.165, 1.54) is 0 Å². The zero-order chi connectivity index (χ0) is 14.7. The Morgan fingerprint density at radius 2 is 1.76 bits per heavy atom. The van der Waals surface area contributed by atoms with Crippen LogP contribution in [-0.2, 0) is 0 Å². The molecule has 0 spiro atoms. The third kappa shape index (κ3) is 3.00. The van der Waals surface area contributed by atoms with E-state index < -0.39 is 0 Å². The molecule has 104 valence electrons. The average Bonchev–Trinajstić information content (AvgIpc) is 2.97. The molecule has 21 heavy (non-hydrogen) atoms. The largest absolute Gasteiger partial charge is 0.281 e. The molecular formula is C15H12N4OS. The van der Waals surface area contributed by atoms with Crippen molar-refractivity contribution in [1.29, 1.82) is 0 Å². The van der Waals surface area contributed by atoms with Crippen LogP contribution in [0.1, 0.15) is 15.9 Å². The average molecular weight is 296 g/mol. The number of carbonyl (C=O) groups is 1. The van der Waals surface area contributed by atoms with Gasteiger partial charge in [-0.15, -0.1) is 5.10 Å². The van der Waals surface area contributed by atoms with E-state index >= 15 is 0 Å². The lowest BCUT2D eigenvalue weighted by Crippen LogP contribution is -2.01. The van der Waals surface area contributed by atoms with Crippen LogP contribution in [0.4, 0.5) is 0 Å². The molecule has 0 unspecified atom stereocenters. The Hall–Kier alpha value is -2.47. The number of rotatable bonds is 3. The summed E-state index contributed by atoms with van der Waals surface area (Å²) in [5.74, 6) is 0. The molecule has 0 aliphatic heterocycles. The number of thioether (sulfide) groups is 1. The molecule has 0 aliphatic carbocycles. The van der Waals surface area contributed by atoms with E-state index in [-0.39, 0.29) is 5.12 Å². The Kier molecular flexibility index (Phi) is 3.79. The van der Waals surface area contributed by atoms with Gasteiger partial charge in [0.2, 0.25) is 10.3 Å². The Balaban J connectivity index is 1.85. The van der Waals surface area contributed by atoms with E-state index in [4.69, 9.17) is 0 Å². The van der Waals surface area contributed by atoms with Gasteiger partial charge in [-0.1, -0.05) is 48.0 Å². The highest BCUT2D eigenvalue weighted by Crippen LogP contribution is 2.22. The highest BCUT2D eigenvalue weighted by atomic mass is 32.2. The molecule has 0 bridgehead atoms. The maximum atomic E-state index is 12.3.